The minimum atomic E-state index is -0.210. The number of aromatic nitrogens is 2. The summed E-state index contributed by atoms with van der Waals surface area (Å²) >= 11 is 5.83. The Hall–Kier alpha value is -1.35. The lowest BCUT2D eigenvalue weighted by atomic mass is 10.1. The summed E-state index contributed by atoms with van der Waals surface area (Å²) in [4.78, 5) is 4.20. The Morgan fingerprint density at radius 2 is 2.07 bits per heavy atom. The average molecular weight is 223 g/mol. The molecule has 0 spiro atoms. The summed E-state index contributed by atoms with van der Waals surface area (Å²) in [5.74, 6) is 1.14. The van der Waals surface area contributed by atoms with Gasteiger partial charge in [-0.15, -0.1) is 11.6 Å². The summed E-state index contributed by atoms with van der Waals surface area (Å²) in [6.45, 7) is 1.82. The van der Waals surface area contributed by atoms with Crippen LogP contribution < -0.4 is 0 Å². The number of nitrogens with zero attached hydrogens (tertiary/aromatic N) is 2. The average Bonchev–Trinajstić information content (AvgIpc) is 2.68. The minimum absolute atomic E-state index is 0.210. The molecule has 1 heterocycles. The van der Waals surface area contributed by atoms with E-state index in [-0.39, 0.29) is 5.38 Å². The van der Waals surface area contributed by atoms with Crippen molar-refractivity contribution >= 4 is 11.6 Å². The molecule has 1 aromatic carbocycles. The van der Waals surface area contributed by atoms with Gasteiger partial charge in [0.05, 0.1) is 11.8 Å². The van der Waals surface area contributed by atoms with Crippen molar-refractivity contribution in [2.75, 3.05) is 0 Å². The lowest BCUT2D eigenvalue weighted by molar-refractivity contribution is 0.379. The van der Waals surface area contributed by atoms with Gasteiger partial charge in [-0.1, -0.05) is 35.5 Å². The highest BCUT2D eigenvalue weighted by molar-refractivity contribution is 6.20. The molecule has 0 saturated heterocycles. The summed E-state index contributed by atoms with van der Waals surface area (Å²) in [6.07, 6.45) is 0.650. The van der Waals surface area contributed by atoms with Gasteiger partial charge in [-0.3, -0.25) is 0 Å². The van der Waals surface area contributed by atoms with Gasteiger partial charge in [-0.2, -0.15) is 4.98 Å². The fraction of sp³-hybridized carbons (Fsp3) is 0.273. The van der Waals surface area contributed by atoms with Gasteiger partial charge in [0.15, 0.2) is 5.82 Å². The van der Waals surface area contributed by atoms with Crippen LogP contribution in [0, 0.1) is 0 Å². The van der Waals surface area contributed by atoms with E-state index in [0.717, 1.165) is 5.56 Å². The first-order valence-electron chi connectivity index (χ1n) is 4.76. The quantitative estimate of drug-likeness (QED) is 0.750. The van der Waals surface area contributed by atoms with Crippen molar-refractivity contribution in [3.05, 3.63) is 47.6 Å². The van der Waals surface area contributed by atoms with E-state index in [9.17, 15) is 0 Å². The van der Waals surface area contributed by atoms with E-state index in [1.54, 1.807) is 0 Å². The van der Waals surface area contributed by atoms with E-state index in [1.807, 2.05) is 37.3 Å². The molecule has 0 radical (unpaired) electrons. The zero-order valence-electron chi connectivity index (χ0n) is 8.35. The van der Waals surface area contributed by atoms with Gasteiger partial charge in [0.2, 0.25) is 5.89 Å². The third kappa shape index (κ3) is 2.57. The van der Waals surface area contributed by atoms with Crippen LogP contribution in [-0.4, -0.2) is 10.1 Å². The van der Waals surface area contributed by atoms with Gasteiger partial charge in [0.1, 0.15) is 0 Å². The van der Waals surface area contributed by atoms with Crippen LogP contribution >= 0.6 is 11.6 Å². The molecule has 1 unspecified atom stereocenters. The Kier molecular flexibility index (Phi) is 3.02. The van der Waals surface area contributed by atoms with E-state index >= 15 is 0 Å². The molecule has 1 aromatic heterocycles. The molecule has 4 heteroatoms. The molecule has 0 fully saturated rings. The van der Waals surface area contributed by atoms with Crippen LogP contribution in [0.1, 0.15) is 29.6 Å². The van der Waals surface area contributed by atoms with Crippen LogP contribution in [0.3, 0.4) is 0 Å². The Morgan fingerprint density at radius 3 is 2.67 bits per heavy atom. The van der Waals surface area contributed by atoms with Gasteiger partial charge in [0, 0.05) is 0 Å². The van der Waals surface area contributed by atoms with Crippen molar-refractivity contribution in [2.45, 2.75) is 18.7 Å². The van der Waals surface area contributed by atoms with Crippen molar-refractivity contribution < 1.29 is 4.52 Å². The molecular weight excluding hydrogens is 212 g/mol. The third-order valence-electron chi connectivity index (χ3n) is 2.04. The molecule has 78 valence electrons. The maximum Gasteiger partial charge on any atom is 0.231 e. The fourth-order valence-electron chi connectivity index (χ4n) is 1.27. The Morgan fingerprint density at radius 1 is 1.33 bits per heavy atom. The summed E-state index contributed by atoms with van der Waals surface area (Å²) in [5, 5.41) is 3.58. The maximum absolute atomic E-state index is 5.83. The van der Waals surface area contributed by atoms with Crippen molar-refractivity contribution in [2.24, 2.45) is 0 Å². The molecule has 0 aliphatic heterocycles. The fourth-order valence-corrected chi connectivity index (χ4v) is 1.36. The predicted octanol–water partition coefficient (Wildman–Crippen LogP) is 2.96. The van der Waals surface area contributed by atoms with Crippen LogP contribution in [-0.2, 0) is 6.42 Å². The van der Waals surface area contributed by atoms with Crippen LogP contribution in [0.4, 0.5) is 0 Å². The molecule has 2 rings (SSSR count). The standard InChI is InChI=1S/C11H11ClN2O/c1-8(12)11-13-10(15-14-11)7-9-5-3-2-4-6-9/h2-6,8H,7H2,1H3. The molecule has 0 saturated carbocycles. The lowest BCUT2D eigenvalue weighted by Crippen LogP contribution is -1.90. The predicted molar refractivity (Wildman–Crippen MR) is 57.8 cm³/mol. The van der Waals surface area contributed by atoms with Gasteiger partial charge < -0.3 is 4.52 Å². The Bertz CT molecular complexity index is 425. The maximum atomic E-state index is 5.83. The van der Waals surface area contributed by atoms with Crippen molar-refractivity contribution in [3.63, 3.8) is 0 Å². The summed E-state index contributed by atoms with van der Waals surface area (Å²) in [6, 6.07) is 9.99. The van der Waals surface area contributed by atoms with E-state index in [0.29, 0.717) is 18.1 Å². The molecular formula is C11H11ClN2O. The second-order valence-electron chi connectivity index (χ2n) is 3.32. The van der Waals surface area contributed by atoms with Crippen LogP contribution in [0.2, 0.25) is 0 Å². The van der Waals surface area contributed by atoms with Crippen molar-refractivity contribution in [3.8, 4) is 0 Å². The third-order valence-corrected chi connectivity index (χ3v) is 2.23. The molecule has 0 aliphatic carbocycles. The molecule has 3 nitrogen and oxygen atoms in total. The van der Waals surface area contributed by atoms with Crippen molar-refractivity contribution in [1.82, 2.24) is 10.1 Å². The van der Waals surface area contributed by atoms with Crippen LogP contribution in [0.15, 0.2) is 34.9 Å². The zero-order chi connectivity index (χ0) is 10.7. The molecule has 15 heavy (non-hydrogen) atoms. The highest BCUT2D eigenvalue weighted by Gasteiger charge is 2.10. The topological polar surface area (TPSA) is 38.9 Å². The first kappa shape index (κ1) is 10.2. The number of hydrogen-bond donors (Lipinski definition) is 0. The summed E-state index contributed by atoms with van der Waals surface area (Å²) < 4.78 is 5.08. The highest BCUT2D eigenvalue weighted by atomic mass is 35.5. The molecule has 1 atom stereocenters. The highest BCUT2D eigenvalue weighted by Crippen LogP contribution is 2.16. The monoisotopic (exact) mass is 222 g/mol. The smallest absolute Gasteiger partial charge is 0.231 e. The van der Waals surface area contributed by atoms with E-state index in [2.05, 4.69) is 10.1 Å². The SMILES string of the molecule is CC(Cl)c1noc(Cc2ccccc2)n1. The number of hydrogen-bond acceptors (Lipinski definition) is 3. The largest absolute Gasteiger partial charge is 0.339 e. The number of benzene rings is 1. The summed E-state index contributed by atoms with van der Waals surface area (Å²) in [5.41, 5.74) is 1.15. The lowest BCUT2D eigenvalue weighted by Gasteiger charge is -1.94. The first-order valence-corrected chi connectivity index (χ1v) is 5.20. The van der Waals surface area contributed by atoms with Gasteiger partial charge in [0.25, 0.3) is 0 Å². The molecule has 0 bridgehead atoms. The van der Waals surface area contributed by atoms with Gasteiger partial charge in [-0.25, -0.2) is 0 Å². The van der Waals surface area contributed by atoms with Gasteiger partial charge >= 0.3 is 0 Å². The van der Waals surface area contributed by atoms with Crippen molar-refractivity contribution in [1.29, 1.82) is 0 Å². The summed E-state index contributed by atoms with van der Waals surface area (Å²) in [7, 11) is 0. The van der Waals surface area contributed by atoms with E-state index < -0.39 is 0 Å². The van der Waals surface area contributed by atoms with E-state index in [4.69, 9.17) is 16.1 Å². The molecule has 0 aliphatic rings. The Balaban J connectivity index is 2.12. The Labute approximate surface area is 93.1 Å². The minimum Gasteiger partial charge on any atom is -0.339 e. The van der Waals surface area contributed by atoms with Crippen LogP contribution in [0.5, 0.6) is 0 Å². The number of halogens is 1. The zero-order valence-corrected chi connectivity index (χ0v) is 9.11. The second kappa shape index (κ2) is 4.45. The number of rotatable bonds is 3. The van der Waals surface area contributed by atoms with Crippen LogP contribution in [0.25, 0.3) is 0 Å². The molecule has 0 amide bonds. The van der Waals surface area contributed by atoms with E-state index in [1.165, 1.54) is 0 Å². The molecule has 2 aromatic rings. The second-order valence-corrected chi connectivity index (χ2v) is 3.98. The normalized spacial score (nSPS) is 12.7. The van der Waals surface area contributed by atoms with Gasteiger partial charge in [-0.05, 0) is 12.5 Å². The molecule has 0 N–H and O–H groups in total. The number of alkyl halides is 1. The first-order chi connectivity index (χ1) is 7.25.